The predicted molar refractivity (Wildman–Crippen MR) is 77.3 cm³/mol. The number of carbonyl (C=O) groups excluding carboxylic acids is 1. The number of nitrogens with zero attached hydrogens (tertiary/aromatic N) is 1. The second-order valence-corrected chi connectivity index (χ2v) is 5.42. The minimum atomic E-state index is -0.416. The van der Waals surface area contributed by atoms with Gasteiger partial charge in [-0.3, -0.25) is 4.79 Å². The van der Waals surface area contributed by atoms with Gasteiger partial charge in [-0.2, -0.15) is 0 Å². The number of aliphatic hydroxyl groups is 1. The zero-order valence-corrected chi connectivity index (χ0v) is 11.9. The number of benzene rings is 1. The summed E-state index contributed by atoms with van der Waals surface area (Å²) in [5.41, 5.74) is 0.708. The monoisotopic (exact) mass is 299 g/mol. The molecule has 1 heterocycles. The van der Waals surface area contributed by atoms with Crippen LogP contribution in [-0.2, 0) is 4.79 Å². The van der Waals surface area contributed by atoms with Crippen molar-refractivity contribution in [2.24, 2.45) is 0 Å². The Morgan fingerprint density at radius 1 is 1.42 bits per heavy atom. The van der Waals surface area contributed by atoms with Crippen LogP contribution in [0.4, 0.5) is 0 Å². The Hall–Kier alpha value is -1.03. The molecule has 2 rings (SSSR count). The highest BCUT2D eigenvalue weighted by Crippen LogP contribution is 2.22. The smallest absolute Gasteiger partial charge is 0.246 e. The van der Waals surface area contributed by atoms with Crippen molar-refractivity contribution in [2.75, 3.05) is 13.1 Å². The molecule has 5 heteroatoms. The number of aliphatic hydroxyl groups excluding tert-OH is 1. The SMILES string of the molecule is O=C(C=Cc1cc(Cl)ccc1Cl)N1CCCC(O)C1. The molecule has 0 aliphatic carbocycles. The Kier molecular flexibility index (Phi) is 4.86. The Morgan fingerprint density at radius 2 is 2.21 bits per heavy atom. The fraction of sp³-hybridized carbons (Fsp3) is 0.357. The molecular formula is C14H15Cl2NO2. The first-order chi connectivity index (χ1) is 9.06. The first-order valence-electron chi connectivity index (χ1n) is 6.16. The molecule has 102 valence electrons. The van der Waals surface area contributed by atoms with E-state index in [0.717, 1.165) is 12.8 Å². The first kappa shape index (κ1) is 14.4. The molecule has 1 fully saturated rings. The maximum absolute atomic E-state index is 12.0. The maximum atomic E-state index is 12.0. The first-order valence-corrected chi connectivity index (χ1v) is 6.92. The van der Waals surface area contributed by atoms with Gasteiger partial charge in [0, 0.05) is 29.2 Å². The van der Waals surface area contributed by atoms with Gasteiger partial charge in [-0.15, -0.1) is 0 Å². The highest BCUT2D eigenvalue weighted by atomic mass is 35.5. The lowest BCUT2D eigenvalue weighted by Crippen LogP contribution is -2.41. The number of rotatable bonds is 2. The minimum Gasteiger partial charge on any atom is -0.391 e. The number of likely N-dealkylation sites (tertiary alicyclic amines) is 1. The van der Waals surface area contributed by atoms with E-state index in [1.54, 1.807) is 29.2 Å². The van der Waals surface area contributed by atoms with Gasteiger partial charge in [-0.25, -0.2) is 0 Å². The summed E-state index contributed by atoms with van der Waals surface area (Å²) in [7, 11) is 0. The summed E-state index contributed by atoms with van der Waals surface area (Å²) in [5, 5.41) is 10.7. The number of β-amino-alcohol motifs (C(OH)–C–C–N with tert-alkyl or cyclic N) is 1. The topological polar surface area (TPSA) is 40.5 Å². The molecule has 1 aliphatic heterocycles. The van der Waals surface area contributed by atoms with Crippen molar-refractivity contribution in [2.45, 2.75) is 18.9 Å². The quantitative estimate of drug-likeness (QED) is 0.853. The summed E-state index contributed by atoms with van der Waals surface area (Å²) in [6.45, 7) is 1.08. The van der Waals surface area contributed by atoms with Crippen LogP contribution in [-0.4, -0.2) is 35.1 Å². The van der Waals surface area contributed by atoms with E-state index >= 15 is 0 Å². The van der Waals surface area contributed by atoms with Crippen LogP contribution in [0.2, 0.25) is 10.0 Å². The molecule has 0 radical (unpaired) electrons. The lowest BCUT2D eigenvalue weighted by atomic mass is 10.1. The van der Waals surface area contributed by atoms with Crippen LogP contribution in [0.1, 0.15) is 18.4 Å². The standard InChI is InChI=1S/C14H15Cl2NO2/c15-11-4-5-13(16)10(8-11)3-6-14(19)17-7-1-2-12(18)9-17/h3-6,8,12,18H,1-2,7,9H2. The lowest BCUT2D eigenvalue weighted by molar-refractivity contribution is -0.128. The Morgan fingerprint density at radius 3 is 2.95 bits per heavy atom. The van der Waals surface area contributed by atoms with Gasteiger partial charge < -0.3 is 10.0 Å². The number of halogens is 2. The van der Waals surface area contributed by atoms with Crippen LogP contribution in [0, 0.1) is 0 Å². The molecule has 1 aromatic rings. The average molecular weight is 300 g/mol. The Bertz CT molecular complexity index is 502. The van der Waals surface area contributed by atoms with Crippen LogP contribution in [0.3, 0.4) is 0 Å². The molecular weight excluding hydrogens is 285 g/mol. The van der Waals surface area contributed by atoms with Crippen LogP contribution < -0.4 is 0 Å². The van der Waals surface area contributed by atoms with Crippen molar-refractivity contribution in [1.29, 1.82) is 0 Å². The van der Waals surface area contributed by atoms with Gasteiger partial charge in [-0.1, -0.05) is 23.2 Å². The van der Waals surface area contributed by atoms with E-state index in [1.165, 1.54) is 6.08 Å². The molecule has 1 aromatic carbocycles. The van der Waals surface area contributed by atoms with Crippen molar-refractivity contribution in [3.63, 3.8) is 0 Å². The second kappa shape index (κ2) is 6.42. The molecule has 1 saturated heterocycles. The fourth-order valence-electron chi connectivity index (χ4n) is 2.06. The van der Waals surface area contributed by atoms with Gasteiger partial charge in [0.2, 0.25) is 5.91 Å². The van der Waals surface area contributed by atoms with Gasteiger partial charge in [0.15, 0.2) is 0 Å². The summed E-state index contributed by atoms with van der Waals surface area (Å²) in [6.07, 6.45) is 4.29. The molecule has 1 aliphatic rings. The third kappa shape index (κ3) is 3.96. The zero-order chi connectivity index (χ0) is 13.8. The highest BCUT2D eigenvalue weighted by Gasteiger charge is 2.20. The maximum Gasteiger partial charge on any atom is 0.246 e. The average Bonchev–Trinajstić information content (AvgIpc) is 2.39. The van der Waals surface area contributed by atoms with E-state index in [2.05, 4.69) is 0 Å². The summed E-state index contributed by atoms with van der Waals surface area (Å²) >= 11 is 11.9. The van der Waals surface area contributed by atoms with Crippen LogP contribution in [0.25, 0.3) is 6.08 Å². The minimum absolute atomic E-state index is 0.116. The number of hydrogen-bond donors (Lipinski definition) is 1. The number of carbonyl (C=O) groups is 1. The van der Waals surface area contributed by atoms with E-state index in [1.807, 2.05) is 0 Å². The number of amides is 1. The highest BCUT2D eigenvalue weighted by molar-refractivity contribution is 6.34. The summed E-state index contributed by atoms with van der Waals surface area (Å²) < 4.78 is 0. The molecule has 3 nitrogen and oxygen atoms in total. The molecule has 0 spiro atoms. The van der Waals surface area contributed by atoms with Crippen molar-refractivity contribution < 1.29 is 9.90 Å². The summed E-state index contributed by atoms with van der Waals surface area (Å²) in [4.78, 5) is 13.6. The summed E-state index contributed by atoms with van der Waals surface area (Å²) in [6, 6.07) is 5.10. The Labute approximate surface area is 122 Å². The molecule has 0 saturated carbocycles. The molecule has 0 bridgehead atoms. The molecule has 1 unspecified atom stereocenters. The van der Waals surface area contributed by atoms with E-state index in [9.17, 15) is 9.90 Å². The third-order valence-electron chi connectivity index (χ3n) is 3.07. The van der Waals surface area contributed by atoms with Crippen molar-refractivity contribution in [1.82, 2.24) is 4.90 Å². The molecule has 1 amide bonds. The summed E-state index contributed by atoms with van der Waals surface area (Å²) in [5.74, 6) is -0.116. The van der Waals surface area contributed by atoms with E-state index < -0.39 is 6.10 Å². The largest absolute Gasteiger partial charge is 0.391 e. The predicted octanol–water partition coefficient (Wildman–Crippen LogP) is 2.99. The van der Waals surface area contributed by atoms with Gasteiger partial charge >= 0.3 is 0 Å². The van der Waals surface area contributed by atoms with E-state index in [4.69, 9.17) is 23.2 Å². The van der Waals surface area contributed by atoms with Gasteiger partial charge in [0.05, 0.1) is 6.10 Å². The molecule has 19 heavy (non-hydrogen) atoms. The fourth-order valence-corrected chi connectivity index (χ4v) is 2.42. The van der Waals surface area contributed by atoms with Crippen LogP contribution in [0.15, 0.2) is 24.3 Å². The zero-order valence-electron chi connectivity index (χ0n) is 10.4. The van der Waals surface area contributed by atoms with Crippen molar-refractivity contribution in [3.8, 4) is 0 Å². The van der Waals surface area contributed by atoms with E-state index in [-0.39, 0.29) is 5.91 Å². The van der Waals surface area contributed by atoms with E-state index in [0.29, 0.717) is 28.7 Å². The molecule has 0 aromatic heterocycles. The van der Waals surface area contributed by atoms with Crippen molar-refractivity contribution >= 4 is 35.2 Å². The number of hydrogen-bond acceptors (Lipinski definition) is 2. The van der Waals surface area contributed by atoms with Crippen molar-refractivity contribution in [3.05, 3.63) is 39.9 Å². The third-order valence-corrected chi connectivity index (χ3v) is 3.65. The molecule has 1 N–H and O–H groups in total. The second-order valence-electron chi connectivity index (χ2n) is 4.58. The van der Waals surface area contributed by atoms with Crippen LogP contribution >= 0.6 is 23.2 Å². The Balaban J connectivity index is 2.05. The van der Waals surface area contributed by atoms with Gasteiger partial charge in [0.1, 0.15) is 0 Å². The molecule has 1 atom stereocenters. The lowest BCUT2D eigenvalue weighted by Gasteiger charge is -2.29. The van der Waals surface area contributed by atoms with Gasteiger partial charge in [0.25, 0.3) is 0 Å². The van der Waals surface area contributed by atoms with Crippen LogP contribution in [0.5, 0.6) is 0 Å². The number of piperidine rings is 1. The normalized spacial score (nSPS) is 19.9. The van der Waals surface area contributed by atoms with Gasteiger partial charge in [-0.05, 0) is 42.7 Å².